The normalized spacial score (nSPS) is 17.2. The molecule has 0 radical (unpaired) electrons. The number of ether oxygens (including phenoxy) is 2. The lowest BCUT2D eigenvalue weighted by Crippen LogP contribution is -2.34. The van der Waals surface area contributed by atoms with Crippen LogP contribution in [0.2, 0.25) is 0 Å². The molecule has 160 valence electrons. The molecule has 7 heteroatoms. The van der Waals surface area contributed by atoms with Crippen LogP contribution in [0.1, 0.15) is 30.3 Å². The molecule has 0 amide bonds. The van der Waals surface area contributed by atoms with Gasteiger partial charge in [0.1, 0.15) is 5.76 Å². The molecule has 1 fully saturated rings. The Bertz CT molecular complexity index is 1170. The van der Waals surface area contributed by atoms with Crippen LogP contribution in [0.15, 0.2) is 59.3 Å². The Hall–Kier alpha value is -3.32. The first-order valence-electron chi connectivity index (χ1n) is 10.6. The molecule has 3 aromatic heterocycles. The van der Waals surface area contributed by atoms with Crippen molar-refractivity contribution in [3.8, 4) is 22.6 Å². The van der Waals surface area contributed by atoms with Crippen molar-refractivity contribution in [1.82, 2.24) is 19.5 Å². The number of para-hydroxylation sites is 1. The smallest absolute Gasteiger partial charge is 0.168 e. The third kappa shape index (κ3) is 3.88. The van der Waals surface area contributed by atoms with E-state index < -0.39 is 0 Å². The molecule has 4 aromatic rings. The van der Waals surface area contributed by atoms with E-state index >= 15 is 0 Å². The molecule has 1 aliphatic heterocycles. The largest absolute Gasteiger partial charge is 0.493 e. The number of hydrogen-bond donors (Lipinski definition) is 0. The summed E-state index contributed by atoms with van der Waals surface area (Å²) in [4.78, 5) is 7.25. The lowest BCUT2D eigenvalue weighted by atomic mass is 9.97. The summed E-state index contributed by atoms with van der Waals surface area (Å²) in [5, 5.41) is 4.84. The Labute approximate surface area is 181 Å². The maximum atomic E-state index is 5.61. The van der Waals surface area contributed by atoms with Crippen LogP contribution in [0.4, 0.5) is 0 Å². The number of likely N-dealkylation sites (tertiary alicyclic amines) is 1. The van der Waals surface area contributed by atoms with Gasteiger partial charge < -0.3 is 13.9 Å². The number of methoxy groups -OCH3 is 2. The van der Waals surface area contributed by atoms with E-state index in [4.69, 9.17) is 24.0 Å². The summed E-state index contributed by atoms with van der Waals surface area (Å²) in [6.45, 7) is 2.84. The van der Waals surface area contributed by atoms with Crippen molar-refractivity contribution in [2.75, 3.05) is 27.3 Å². The fourth-order valence-corrected chi connectivity index (χ4v) is 4.38. The van der Waals surface area contributed by atoms with Crippen LogP contribution in [0.3, 0.4) is 0 Å². The second-order valence-corrected chi connectivity index (χ2v) is 7.89. The van der Waals surface area contributed by atoms with Gasteiger partial charge in [0.05, 0.1) is 27.0 Å². The highest BCUT2D eigenvalue weighted by molar-refractivity contribution is 5.74. The fourth-order valence-electron chi connectivity index (χ4n) is 4.38. The summed E-state index contributed by atoms with van der Waals surface area (Å²) in [5.74, 6) is 3.64. The number of hydrogen-bond acceptors (Lipinski definition) is 6. The summed E-state index contributed by atoms with van der Waals surface area (Å²) in [7, 11) is 3.30. The Morgan fingerprint density at radius 1 is 1.10 bits per heavy atom. The quantitative estimate of drug-likeness (QED) is 0.463. The first-order chi connectivity index (χ1) is 15.2. The number of piperidine rings is 1. The van der Waals surface area contributed by atoms with Crippen LogP contribution in [-0.4, -0.2) is 46.8 Å². The number of nitrogens with zero attached hydrogens (tertiary/aromatic N) is 4. The van der Waals surface area contributed by atoms with Gasteiger partial charge in [-0.2, -0.15) is 5.10 Å². The second-order valence-electron chi connectivity index (χ2n) is 7.89. The Morgan fingerprint density at radius 3 is 2.84 bits per heavy atom. The molecule has 0 bridgehead atoms. The highest BCUT2D eigenvalue weighted by Crippen LogP contribution is 2.37. The SMILES string of the molecule is COc1cccc(-c2ccc3nc([C@@H]4CCCN(Cc5ccco5)C4)nn3c2)c1OC. The van der Waals surface area contributed by atoms with Gasteiger partial charge >= 0.3 is 0 Å². The van der Waals surface area contributed by atoms with E-state index in [1.165, 1.54) is 0 Å². The summed E-state index contributed by atoms with van der Waals surface area (Å²) < 4.78 is 18.4. The van der Waals surface area contributed by atoms with E-state index in [0.717, 1.165) is 60.8 Å². The van der Waals surface area contributed by atoms with Gasteiger partial charge in [-0.1, -0.05) is 12.1 Å². The molecule has 0 unspecified atom stereocenters. The fraction of sp³-hybridized carbons (Fsp3) is 0.333. The molecular formula is C24H26N4O3. The maximum absolute atomic E-state index is 5.61. The van der Waals surface area contributed by atoms with Crippen LogP contribution in [0, 0.1) is 0 Å². The van der Waals surface area contributed by atoms with Crippen LogP contribution in [-0.2, 0) is 6.54 Å². The van der Waals surface area contributed by atoms with Crippen LogP contribution >= 0.6 is 0 Å². The molecule has 1 aliphatic rings. The summed E-state index contributed by atoms with van der Waals surface area (Å²) >= 11 is 0. The molecule has 0 aliphatic carbocycles. The predicted octanol–water partition coefficient (Wildman–Crippen LogP) is 4.39. The molecule has 7 nitrogen and oxygen atoms in total. The zero-order valence-electron chi connectivity index (χ0n) is 17.8. The van der Waals surface area contributed by atoms with Crippen molar-refractivity contribution in [3.63, 3.8) is 0 Å². The first-order valence-corrected chi connectivity index (χ1v) is 10.6. The zero-order valence-corrected chi connectivity index (χ0v) is 17.8. The van der Waals surface area contributed by atoms with Gasteiger partial charge in [-0.15, -0.1) is 0 Å². The highest BCUT2D eigenvalue weighted by atomic mass is 16.5. The number of furan rings is 1. The minimum Gasteiger partial charge on any atom is -0.493 e. The third-order valence-electron chi connectivity index (χ3n) is 5.89. The molecule has 1 aromatic carbocycles. The average Bonchev–Trinajstić information content (AvgIpc) is 3.47. The van der Waals surface area contributed by atoms with Crippen molar-refractivity contribution in [3.05, 3.63) is 66.5 Å². The van der Waals surface area contributed by atoms with Crippen molar-refractivity contribution < 1.29 is 13.9 Å². The lowest BCUT2D eigenvalue weighted by molar-refractivity contribution is 0.183. The third-order valence-corrected chi connectivity index (χ3v) is 5.89. The predicted molar refractivity (Wildman–Crippen MR) is 117 cm³/mol. The molecule has 4 heterocycles. The van der Waals surface area contributed by atoms with Crippen molar-refractivity contribution >= 4 is 5.65 Å². The summed E-state index contributed by atoms with van der Waals surface area (Å²) in [5.41, 5.74) is 2.81. The van der Waals surface area contributed by atoms with E-state index in [-0.39, 0.29) is 0 Å². The molecule has 0 N–H and O–H groups in total. The highest BCUT2D eigenvalue weighted by Gasteiger charge is 2.25. The number of aromatic nitrogens is 3. The molecular weight excluding hydrogens is 392 g/mol. The van der Waals surface area contributed by atoms with Gasteiger partial charge in [0, 0.05) is 29.8 Å². The van der Waals surface area contributed by atoms with Crippen molar-refractivity contribution in [2.24, 2.45) is 0 Å². The topological polar surface area (TPSA) is 65.0 Å². The average molecular weight is 418 g/mol. The van der Waals surface area contributed by atoms with Gasteiger partial charge in [0.25, 0.3) is 0 Å². The van der Waals surface area contributed by atoms with Gasteiger partial charge in [0.2, 0.25) is 0 Å². The lowest BCUT2D eigenvalue weighted by Gasteiger charge is -2.30. The van der Waals surface area contributed by atoms with Crippen molar-refractivity contribution in [2.45, 2.75) is 25.3 Å². The Balaban J connectivity index is 1.41. The maximum Gasteiger partial charge on any atom is 0.168 e. The zero-order chi connectivity index (χ0) is 21.2. The second kappa shape index (κ2) is 8.43. The van der Waals surface area contributed by atoms with Gasteiger partial charge in [-0.25, -0.2) is 9.50 Å². The number of rotatable bonds is 6. The van der Waals surface area contributed by atoms with E-state index in [0.29, 0.717) is 17.4 Å². The summed E-state index contributed by atoms with van der Waals surface area (Å²) in [6, 6.07) is 13.9. The van der Waals surface area contributed by atoms with E-state index in [9.17, 15) is 0 Å². The van der Waals surface area contributed by atoms with Gasteiger partial charge in [-0.05, 0) is 49.7 Å². The summed E-state index contributed by atoms with van der Waals surface area (Å²) in [6.07, 6.45) is 5.97. The number of benzene rings is 1. The van der Waals surface area contributed by atoms with E-state index in [2.05, 4.69) is 11.0 Å². The minimum absolute atomic E-state index is 0.318. The van der Waals surface area contributed by atoms with E-state index in [1.54, 1.807) is 20.5 Å². The van der Waals surface area contributed by atoms with Crippen molar-refractivity contribution in [1.29, 1.82) is 0 Å². The minimum atomic E-state index is 0.318. The van der Waals surface area contributed by atoms with Gasteiger partial charge in [-0.3, -0.25) is 4.90 Å². The molecule has 0 saturated carbocycles. The molecule has 31 heavy (non-hydrogen) atoms. The van der Waals surface area contributed by atoms with Crippen LogP contribution in [0.25, 0.3) is 16.8 Å². The molecule has 1 atom stereocenters. The number of fused-ring (bicyclic) bond motifs is 1. The van der Waals surface area contributed by atoms with Crippen LogP contribution in [0.5, 0.6) is 11.5 Å². The van der Waals surface area contributed by atoms with Crippen LogP contribution < -0.4 is 9.47 Å². The monoisotopic (exact) mass is 418 g/mol. The number of pyridine rings is 1. The Kier molecular flexibility index (Phi) is 5.34. The Morgan fingerprint density at radius 2 is 2.03 bits per heavy atom. The first kappa shape index (κ1) is 19.6. The van der Waals surface area contributed by atoms with E-state index in [1.807, 2.05) is 47.1 Å². The molecule has 0 spiro atoms. The molecule has 1 saturated heterocycles. The van der Waals surface area contributed by atoms with Gasteiger partial charge in [0.15, 0.2) is 23.0 Å². The molecule has 5 rings (SSSR count). The standard InChI is InChI=1S/C24H26N4O3/c1-29-21-9-3-8-20(23(21)30-2)17-10-11-22-25-24(26-28(22)15-17)18-6-4-12-27(14-18)16-19-7-5-13-31-19/h3,5,7-11,13,15,18H,4,6,12,14,16H2,1-2H3/t18-/m1/s1.